The van der Waals surface area contributed by atoms with Crippen LogP contribution < -0.4 is 9.80 Å². The van der Waals surface area contributed by atoms with Crippen LogP contribution in [0.2, 0.25) is 0 Å². The van der Waals surface area contributed by atoms with Gasteiger partial charge in [-0.15, -0.1) is 59.6 Å². The minimum Gasteiger partial charge on any atom is -0.420 e. The second-order valence-electron chi connectivity index (χ2n) is 13.1. The summed E-state index contributed by atoms with van der Waals surface area (Å²) in [5.41, 5.74) is 0.535. The van der Waals surface area contributed by atoms with Crippen molar-refractivity contribution in [3.63, 3.8) is 0 Å². The van der Waals surface area contributed by atoms with Crippen LogP contribution in [0.15, 0.2) is 84.9 Å². The Morgan fingerprint density at radius 1 is 0.612 bits per heavy atom. The van der Waals surface area contributed by atoms with E-state index in [1.54, 1.807) is 0 Å². The molecule has 2 nitrogen and oxygen atoms in total. The van der Waals surface area contributed by atoms with Crippen LogP contribution in [0.5, 0.6) is 0 Å². The maximum Gasteiger partial charge on any atom is 4.00 e. The Hall–Kier alpha value is -2.25. The molecule has 9 heteroatoms. The molecule has 0 aliphatic heterocycles. The summed E-state index contributed by atoms with van der Waals surface area (Å²) in [5.74, 6) is -1.64. The molecule has 0 atom stereocenters. The maximum absolute atomic E-state index is 13.8. The zero-order valence-electron chi connectivity index (χ0n) is 29.8. The van der Waals surface area contributed by atoms with Gasteiger partial charge in [0, 0.05) is 61.2 Å². The van der Waals surface area contributed by atoms with Crippen LogP contribution in [0.25, 0.3) is 0 Å². The number of benzene rings is 2. The average Bonchev–Trinajstić information content (AvgIpc) is 3.82. The summed E-state index contributed by atoms with van der Waals surface area (Å²) in [4.78, 5) is 3.86. The van der Waals surface area contributed by atoms with E-state index in [0.717, 1.165) is 38.8 Å². The van der Waals surface area contributed by atoms with Crippen molar-refractivity contribution >= 4 is 34.6 Å². The SMILES string of the molecule is CCCCN(CC(C)(C)CCl)c1ccc(F)[c-]c1F.CCCCN(CC(C)(C)CCl)c1ccc(F)[c-]c1F.[Ti+4].c1cc[cH-]c1.c1cc[cH-]c1. The molecule has 0 unspecified atom stereocenters. The molecule has 0 spiro atoms. The molecule has 0 saturated heterocycles. The summed E-state index contributed by atoms with van der Waals surface area (Å²) in [6, 6.07) is 29.6. The van der Waals surface area contributed by atoms with Crippen LogP contribution in [0.3, 0.4) is 0 Å². The van der Waals surface area contributed by atoms with Crippen molar-refractivity contribution in [2.45, 2.75) is 67.2 Å². The largest absolute Gasteiger partial charge is 4.00 e. The van der Waals surface area contributed by atoms with Crippen LogP contribution in [0.4, 0.5) is 28.9 Å². The molecule has 49 heavy (non-hydrogen) atoms. The summed E-state index contributed by atoms with van der Waals surface area (Å²) in [6.45, 7) is 15.0. The predicted molar refractivity (Wildman–Crippen MR) is 198 cm³/mol. The van der Waals surface area contributed by atoms with E-state index in [1.165, 1.54) is 24.3 Å². The van der Waals surface area contributed by atoms with Gasteiger partial charge in [-0.2, -0.15) is 36.4 Å². The smallest absolute Gasteiger partial charge is 0.420 e. The second-order valence-corrected chi connectivity index (χ2v) is 13.6. The third-order valence-corrected chi connectivity index (χ3v) is 8.45. The molecule has 0 bridgehead atoms. The first kappa shape index (κ1) is 46.8. The minimum absolute atomic E-state index is 0. The molecule has 4 aromatic carbocycles. The van der Waals surface area contributed by atoms with E-state index < -0.39 is 23.3 Å². The third kappa shape index (κ3) is 20.3. The van der Waals surface area contributed by atoms with E-state index in [0.29, 0.717) is 36.2 Å². The molecule has 0 heterocycles. The fraction of sp³-hybridized carbons (Fsp3) is 0.450. The Morgan fingerprint density at radius 2 is 0.939 bits per heavy atom. The first-order chi connectivity index (χ1) is 22.8. The van der Waals surface area contributed by atoms with Crippen LogP contribution in [-0.2, 0) is 21.7 Å². The number of unbranched alkanes of at least 4 members (excludes halogenated alkanes) is 2. The standard InChI is InChI=1S/2C15H21ClF2N.2C5H5.Ti/c2*1-4-5-8-19(11-15(2,3)10-16)14-7-6-12(17)9-13(14)18;2*1-2-4-5-3-1;/h2*6-7H,4-5,8,10-11H2,1-3H3;2*1-5H;/q4*-1;+4. The molecular weight excluding hydrogens is 703 g/mol. The first-order valence-electron chi connectivity index (χ1n) is 16.5. The molecule has 0 N–H and O–H groups in total. The molecule has 268 valence electrons. The zero-order chi connectivity index (χ0) is 36.0. The van der Waals surface area contributed by atoms with Gasteiger partial charge in [0.05, 0.1) is 0 Å². The van der Waals surface area contributed by atoms with Crippen molar-refractivity contribution in [1.82, 2.24) is 0 Å². The molecule has 0 aromatic heterocycles. The van der Waals surface area contributed by atoms with Crippen molar-refractivity contribution in [2.24, 2.45) is 10.8 Å². The number of anilines is 2. The predicted octanol–water partition coefficient (Wildman–Crippen LogP) is 12.1. The molecule has 0 fully saturated rings. The number of hydrogen-bond acceptors (Lipinski definition) is 2. The van der Waals surface area contributed by atoms with Gasteiger partial charge >= 0.3 is 21.7 Å². The quantitative estimate of drug-likeness (QED) is 0.0547. The average molecular weight is 756 g/mol. The van der Waals surface area contributed by atoms with Gasteiger partial charge in [0.15, 0.2) is 0 Å². The summed E-state index contributed by atoms with van der Waals surface area (Å²) in [6.07, 6.45) is 3.94. The van der Waals surface area contributed by atoms with Crippen LogP contribution in [0.1, 0.15) is 67.2 Å². The zero-order valence-corrected chi connectivity index (χ0v) is 32.9. The van der Waals surface area contributed by atoms with Gasteiger partial charge < -0.3 is 9.80 Å². The van der Waals surface area contributed by atoms with Crippen molar-refractivity contribution in [1.29, 1.82) is 0 Å². The molecule has 0 aliphatic rings. The van der Waals surface area contributed by atoms with Crippen LogP contribution >= 0.6 is 23.2 Å². The fourth-order valence-corrected chi connectivity index (χ4v) is 4.56. The molecule has 0 amide bonds. The van der Waals surface area contributed by atoms with Gasteiger partial charge in [0.2, 0.25) is 0 Å². The Balaban J connectivity index is 0.000000717. The van der Waals surface area contributed by atoms with E-state index in [9.17, 15) is 17.6 Å². The molecule has 0 radical (unpaired) electrons. The van der Waals surface area contributed by atoms with Gasteiger partial charge in [-0.25, -0.2) is 41.8 Å². The monoisotopic (exact) mass is 754 g/mol. The Bertz CT molecular complexity index is 1210. The molecular formula is C40H52Cl2F4N2Ti. The van der Waals surface area contributed by atoms with Crippen molar-refractivity contribution in [3.05, 3.63) is 120 Å². The molecule has 0 aliphatic carbocycles. The Morgan fingerprint density at radius 3 is 1.16 bits per heavy atom. The fourth-order valence-electron chi connectivity index (χ4n) is 4.39. The van der Waals surface area contributed by atoms with Gasteiger partial charge in [-0.3, -0.25) is 0 Å². The number of hydrogen-bond donors (Lipinski definition) is 0. The van der Waals surface area contributed by atoms with Crippen molar-refractivity contribution < 1.29 is 39.3 Å². The molecule has 4 rings (SSSR count). The molecule has 0 saturated carbocycles. The van der Waals surface area contributed by atoms with Gasteiger partial charge in [-0.05, 0) is 35.0 Å². The third-order valence-electron chi connectivity index (χ3n) is 7.00. The van der Waals surface area contributed by atoms with Gasteiger partial charge in [0.1, 0.15) is 0 Å². The Labute approximate surface area is 318 Å². The van der Waals surface area contributed by atoms with E-state index in [1.807, 2.05) is 98.2 Å². The topological polar surface area (TPSA) is 6.48 Å². The van der Waals surface area contributed by atoms with Gasteiger partial charge in [-0.1, -0.05) is 54.4 Å². The van der Waals surface area contributed by atoms with Gasteiger partial charge in [0.25, 0.3) is 0 Å². The van der Waals surface area contributed by atoms with E-state index >= 15 is 0 Å². The summed E-state index contributed by atoms with van der Waals surface area (Å²) >= 11 is 11.9. The summed E-state index contributed by atoms with van der Waals surface area (Å²) in [7, 11) is 0. The van der Waals surface area contributed by atoms with E-state index in [2.05, 4.69) is 26.0 Å². The summed E-state index contributed by atoms with van der Waals surface area (Å²) in [5, 5.41) is 0. The molecule has 4 aromatic rings. The number of nitrogens with zero attached hydrogens (tertiary/aromatic N) is 2. The maximum atomic E-state index is 13.8. The summed E-state index contributed by atoms with van der Waals surface area (Å²) < 4.78 is 53.5. The van der Waals surface area contributed by atoms with E-state index in [4.69, 9.17) is 23.2 Å². The van der Waals surface area contributed by atoms with Crippen LogP contribution in [-0.4, -0.2) is 37.9 Å². The van der Waals surface area contributed by atoms with Crippen molar-refractivity contribution in [2.75, 3.05) is 47.7 Å². The normalized spacial score (nSPS) is 10.7. The number of halogens is 6. The van der Waals surface area contributed by atoms with Crippen LogP contribution in [0, 0.1) is 46.2 Å². The number of alkyl halides is 2. The second kappa shape index (κ2) is 25.7. The van der Waals surface area contributed by atoms with E-state index in [-0.39, 0.29) is 32.5 Å². The minimum atomic E-state index is -0.673. The van der Waals surface area contributed by atoms with Crippen molar-refractivity contribution in [3.8, 4) is 0 Å². The first-order valence-corrected chi connectivity index (χ1v) is 17.6. The Kier molecular flexibility index (Phi) is 24.5. The number of rotatable bonds is 14.